The minimum absolute atomic E-state index is 0.0604. The number of hydrogen-bond donors (Lipinski definition) is 1. The molecule has 3 atom stereocenters. The van der Waals surface area contributed by atoms with Crippen LogP contribution in [0, 0.1) is 0 Å². The SMILES string of the molecule is CCC[C@H]1[C@@H]([C@@H](C)O)N1C(=O)OC(C)(C)C. The maximum atomic E-state index is 11.8. The third-order valence-electron chi connectivity index (χ3n) is 2.67. The van der Waals surface area contributed by atoms with Crippen molar-refractivity contribution in [1.29, 1.82) is 0 Å². The lowest BCUT2D eigenvalue weighted by atomic mass is 10.1. The summed E-state index contributed by atoms with van der Waals surface area (Å²) in [6.07, 6.45) is 1.14. The number of aliphatic hydroxyl groups excluding tert-OH is 1. The summed E-state index contributed by atoms with van der Waals surface area (Å²) < 4.78 is 5.29. The summed E-state index contributed by atoms with van der Waals surface area (Å²) in [5.74, 6) is 0. The Kier molecular flexibility index (Phi) is 3.84. The molecule has 1 heterocycles. The van der Waals surface area contributed by atoms with E-state index in [0.29, 0.717) is 0 Å². The largest absolute Gasteiger partial charge is 0.444 e. The Morgan fingerprint density at radius 1 is 1.50 bits per heavy atom. The molecular formula is C12H23NO3. The van der Waals surface area contributed by atoms with Crippen LogP contribution in [0.1, 0.15) is 47.5 Å². The Labute approximate surface area is 97.6 Å². The fourth-order valence-corrected chi connectivity index (χ4v) is 2.03. The fourth-order valence-electron chi connectivity index (χ4n) is 2.03. The monoisotopic (exact) mass is 229 g/mol. The number of amides is 1. The maximum absolute atomic E-state index is 11.8. The molecular weight excluding hydrogens is 206 g/mol. The first kappa shape index (κ1) is 13.3. The van der Waals surface area contributed by atoms with E-state index >= 15 is 0 Å². The van der Waals surface area contributed by atoms with Crippen molar-refractivity contribution in [3.63, 3.8) is 0 Å². The molecule has 1 amide bonds. The average Bonchev–Trinajstić information content (AvgIpc) is 2.76. The van der Waals surface area contributed by atoms with Crippen LogP contribution in [0.2, 0.25) is 0 Å². The van der Waals surface area contributed by atoms with Gasteiger partial charge in [0.05, 0.1) is 18.2 Å². The topological polar surface area (TPSA) is 49.5 Å². The molecule has 1 N–H and O–H groups in total. The van der Waals surface area contributed by atoms with Gasteiger partial charge in [-0.2, -0.15) is 0 Å². The minimum atomic E-state index is -0.482. The summed E-state index contributed by atoms with van der Waals surface area (Å²) >= 11 is 0. The highest BCUT2D eigenvalue weighted by atomic mass is 16.6. The number of ether oxygens (including phenoxy) is 1. The van der Waals surface area contributed by atoms with Crippen molar-refractivity contribution >= 4 is 6.09 Å². The Bertz CT molecular complexity index is 257. The lowest BCUT2D eigenvalue weighted by Crippen LogP contribution is -2.29. The van der Waals surface area contributed by atoms with Crippen LogP contribution in [0.3, 0.4) is 0 Å². The molecule has 0 aliphatic carbocycles. The molecule has 0 bridgehead atoms. The first-order valence-corrected chi connectivity index (χ1v) is 5.97. The van der Waals surface area contributed by atoms with Crippen LogP contribution < -0.4 is 0 Å². The predicted molar refractivity (Wildman–Crippen MR) is 62.2 cm³/mol. The fraction of sp³-hybridized carbons (Fsp3) is 0.917. The molecule has 0 radical (unpaired) electrons. The lowest BCUT2D eigenvalue weighted by Gasteiger charge is -2.20. The van der Waals surface area contributed by atoms with Gasteiger partial charge >= 0.3 is 6.09 Å². The average molecular weight is 229 g/mol. The quantitative estimate of drug-likeness (QED) is 0.754. The number of carbonyl (C=O) groups excluding carboxylic acids is 1. The van der Waals surface area contributed by atoms with Crippen LogP contribution in [0.25, 0.3) is 0 Å². The van der Waals surface area contributed by atoms with Gasteiger partial charge in [0.15, 0.2) is 0 Å². The third kappa shape index (κ3) is 3.11. The Morgan fingerprint density at radius 3 is 2.44 bits per heavy atom. The molecule has 94 valence electrons. The predicted octanol–water partition coefficient (Wildman–Crippen LogP) is 2.16. The second-order valence-electron chi connectivity index (χ2n) is 5.47. The molecule has 0 spiro atoms. The van der Waals surface area contributed by atoms with Gasteiger partial charge in [-0.3, -0.25) is 4.90 Å². The van der Waals surface area contributed by atoms with Crippen molar-refractivity contribution < 1.29 is 14.6 Å². The van der Waals surface area contributed by atoms with E-state index in [-0.39, 0.29) is 18.2 Å². The summed E-state index contributed by atoms with van der Waals surface area (Å²) in [6, 6.07) is 0.0923. The molecule has 1 saturated heterocycles. The molecule has 0 saturated carbocycles. The van der Waals surface area contributed by atoms with Crippen molar-refractivity contribution in [3.05, 3.63) is 0 Å². The van der Waals surface area contributed by atoms with E-state index in [1.807, 2.05) is 20.8 Å². The molecule has 1 aliphatic rings. The van der Waals surface area contributed by atoms with Gasteiger partial charge in [0.25, 0.3) is 0 Å². The lowest BCUT2D eigenvalue weighted by molar-refractivity contribution is 0.0361. The Morgan fingerprint density at radius 2 is 2.06 bits per heavy atom. The number of nitrogens with zero attached hydrogens (tertiary/aromatic N) is 1. The zero-order chi connectivity index (χ0) is 12.5. The van der Waals surface area contributed by atoms with Crippen molar-refractivity contribution in [3.8, 4) is 0 Å². The van der Waals surface area contributed by atoms with Crippen LogP contribution in [0.4, 0.5) is 4.79 Å². The highest BCUT2D eigenvalue weighted by Gasteiger charge is 2.54. The normalized spacial score (nSPS) is 26.5. The second-order valence-corrected chi connectivity index (χ2v) is 5.47. The summed E-state index contributed by atoms with van der Waals surface area (Å²) in [4.78, 5) is 13.5. The Balaban J connectivity index is 2.56. The second kappa shape index (κ2) is 4.62. The number of aliphatic hydroxyl groups is 1. The van der Waals surface area contributed by atoms with E-state index in [1.54, 1.807) is 11.8 Å². The van der Waals surface area contributed by atoms with Crippen molar-refractivity contribution in [1.82, 2.24) is 4.90 Å². The molecule has 0 aromatic heterocycles. The first-order chi connectivity index (χ1) is 7.28. The number of rotatable bonds is 3. The van der Waals surface area contributed by atoms with Crippen LogP contribution in [-0.2, 0) is 4.74 Å². The van der Waals surface area contributed by atoms with E-state index in [0.717, 1.165) is 12.8 Å². The zero-order valence-electron chi connectivity index (χ0n) is 10.9. The van der Waals surface area contributed by atoms with E-state index in [2.05, 4.69) is 6.92 Å². The van der Waals surface area contributed by atoms with Gasteiger partial charge in [-0.1, -0.05) is 13.3 Å². The van der Waals surface area contributed by atoms with E-state index in [9.17, 15) is 9.90 Å². The van der Waals surface area contributed by atoms with Gasteiger partial charge in [0, 0.05) is 0 Å². The molecule has 16 heavy (non-hydrogen) atoms. The van der Waals surface area contributed by atoms with Gasteiger partial charge in [-0.25, -0.2) is 4.79 Å². The summed E-state index contributed by atoms with van der Waals surface area (Å²) in [5, 5.41) is 9.56. The molecule has 0 aromatic rings. The smallest absolute Gasteiger partial charge is 0.411 e. The maximum Gasteiger partial charge on any atom is 0.411 e. The van der Waals surface area contributed by atoms with Gasteiger partial charge in [-0.05, 0) is 34.1 Å². The Hall–Kier alpha value is -0.770. The molecule has 0 aromatic carbocycles. The van der Waals surface area contributed by atoms with E-state index < -0.39 is 11.7 Å². The van der Waals surface area contributed by atoms with Crippen molar-refractivity contribution in [2.45, 2.75) is 71.2 Å². The van der Waals surface area contributed by atoms with Crippen LogP contribution in [-0.4, -0.2) is 39.9 Å². The van der Waals surface area contributed by atoms with E-state index in [1.165, 1.54) is 0 Å². The van der Waals surface area contributed by atoms with Gasteiger partial charge < -0.3 is 9.84 Å². The van der Waals surface area contributed by atoms with Crippen molar-refractivity contribution in [2.24, 2.45) is 0 Å². The van der Waals surface area contributed by atoms with Crippen molar-refractivity contribution in [2.75, 3.05) is 0 Å². The summed E-state index contributed by atoms with van der Waals surface area (Å²) in [6.45, 7) is 9.34. The standard InChI is InChI=1S/C12H23NO3/c1-6-7-9-10(8(2)14)13(9)11(15)16-12(3,4)5/h8-10,14H,6-7H2,1-5H3/t8-,9+,10-,13?/m1/s1. The van der Waals surface area contributed by atoms with Crippen LogP contribution in [0.5, 0.6) is 0 Å². The highest BCUT2D eigenvalue weighted by molar-refractivity contribution is 5.72. The first-order valence-electron chi connectivity index (χ1n) is 5.97. The zero-order valence-corrected chi connectivity index (χ0v) is 10.9. The van der Waals surface area contributed by atoms with Gasteiger partial charge in [0.2, 0.25) is 0 Å². The van der Waals surface area contributed by atoms with Crippen LogP contribution >= 0.6 is 0 Å². The molecule has 1 fully saturated rings. The molecule has 1 aliphatic heterocycles. The third-order valence-corrected chi connectivity index (χ3v) is 2.67. The molecule has 1 rings (SSSR count). The number of carbonyl (C=O) groups is 1. The van der Waals surface area contributed by atoms with Gasteiger partial charge in [-0.15, -0.1) is 0 Å². The summed E-state index contributed by atoms with van der Waals surface area (Å²) in [5.41, 5.74) is -0.473. The van der Waals surface area contributed by atoms with Gasteiger partial charge in [0.1, 0.15) is 5.60 Å². The molecule has 4 nitrogen and oxygen atoms in total. The van der Waals surface area contributed by atoms with E-state index in [4.69, 9.17) is 4.74 Å². The minimum Gasteiger partial charge on any atom is -0.444 e. The highest BCUT2D eigenvalue weighted by Crippen LogP contribution is 2.36. The van der Waals surface area contributed by atoms with Crippen LogP contribution in [0.15, 0.2) is 0 Å². The molecule has 0 unspecified atom stereocenters. The number of hydrogen-bond acceptors (Lipinski definition) is 3. The summed E-state index contributed by atoms with van der Waals surface area (Å²) in [7, 11) is 0. The molecule has 4 heteroatoms.